The Labute approximate surface area is 115 Å². The summed E-state index contributed by atoms with van der Waals surface area (Å²) in [6.07, 6.45) is 4.19. The van der Waals surface area contributed by atoms with Gasteiger partial charge in [0.05, 0.1) is 0 Å². The van der Waals surface area contributed by atoms with Crippen LogP contribution >= 0.6 is 0 Å². The van der Waals surface area contributed by atoms with Crippen molar-refractivity contribution < 1.29 is 9.53 Å². The van der Waals surface area contributed by atoms with E-state index in [-0.39, 0.29) is 12.5 Å². The quantitative estimate of drug-likeness (QED) is 0.708. The first-order valence-electron chi connectivity index (χ1n) is 6.84. The van der Waals surface area contributed by atoms with Crippen LogP contribution in [0.25, 0.3) is 0 Å². The number of nitrogens with one attached hydrogen (secondary N) is 1. The fourth-order valence-electron chi connectivity index (χ4n) is 1.87. The second kappa shape index (κ2) is 8.67. The lowest BCUT2D eigenvalue weighted by Gasteiger charge is -2.13. The normalized spacial score (nSPS) is 12.2. The highest BCUT2D eigenvalue weighted by Gasteiger charge is 2.15. The molecule has 1 aromatic rings. The summed E-state index contributed by atoms with van der Waals surface area (Å²) < 4.78 is 4.99. The molecule has 1 aromatic carbocycles. The second-order valence-electron chi connectivity index (χ2n) is 4.60. The van der Waals surface area contributed by atoms with Crippen molar-refractivity contribution in [2.75, 3.05) is 19.0 Å². The number of benzene rings is 1. The number of methoxy groups -OCH3 is 1. The molecule has 0 aromatic heterocycles. The summed E-state index contributed by atoms with van der Waals surface area (Å²) in [5.74, 6) is -0.205. The zero-order chi connectivity index (χ0) is 14.1. The third-order valence-electron chi connectivity index (χ3n) is 3.08. The van der Waals surface area contributed by atoms with E-state index in [2.05, 4.69) is 24.4 Å². The molecule has 0 aliphatic rings. The van der Waals surface area contributed by atoms with Crippen molar-refractivity contribution >= 4 is 11.6 Å². The first-order chi connectivity index (χ1) is 9.21. The Morgan fingerprint density at radius 3 is 2.53 bits per heavy atom. The number of amides is 1. The molecule has 106 valence electrons. The molecule has 4 nitrogen and oxygen atoms in total. The van der Waals surface area contributed by atoms with Crippen molar-refractivity contribution in [3.63, 3.8) is 0 Å². The van der Waals surface area contributed by atoms with Gasteiger partial charge in [-0.2, -0.15) is 0 Å². The Balaban J connectivity index is 2.49. The van der Waals surface area contributed by atoms with Gasteiger partial charge in [-0.3, -0.25) is 4.79 Å². The highest BCUT2D eigenvalue weighted by atomic mass is 16.5. The van der Waals surface area contributed by atoms with Gasteiger partial charge in [-0.05, 0) is 30.5 Å². The molecule has 0 bridgehead atoms. The van der Waals surface area contributed by atoms with Crippen molar-refractivity contribution in [3.05, 3.63) is 29.8 Å². The van der Waals surface area contributed by atoms with Crippen LogP contribution in [-0.4, -0.2) is 25.7 Å². The summed E-state index contributed by atoms with van der Waals surface area (Å²) in [6, 6.07) is 7.94. The van der Waals surface area contributed by atoms with Gasteiger partial charge in [0.15, 0.2) is 0 Å². The van der Waals surface area contributed by atoms with Gasteiger partial charge < -0.3 is 15.8 Å². The average molecular weight is 264 g/mol. The molecule has 0 aliphatic carbocycles. The van der Waals surface area contributed by atoms with Gasteiger partial charge in [-0.25, -0.2) is 0 Å². The standard InChI is InChI=1S/C15H24N2O2/c1-3-4-5-6-12-7-9-13(10-8-12)17-15(18)14(11-16)19-2/h7-10,14H,3-6,11,16H2,1-2H3,(H,17,18). The Kier molecular flexibility index (Phi) is 7.15. The number of rotatable bonds is 8. The molecule has 0 spiro atoms. The van der Waals surface area contributed by atoms with Crippen molar-refractivity contribution in [2.24, 2.45) is 5.73 Å². The number of hydrogen-bond acceptors (Lipinski definition) is 3. The van der Waals surface area contributed by atoms with E-state index in [1.54, 1.807) is 0 Å². The van der Waals surface area contributed by atoms with Gasteiger partial charge in [0, 0.05) is 19.3 Å². The summed E-state index contributed by atoms with van der Waals surface area (Å²) in [4.78, 5) is 11.8. The van der Waals surface area contributed by atoms with Crippen LogP contribution in [0.2, 0.25) is 0 Å². The molecular formula is C15H24N2O2. The molecule has 0 heterocycles. The number of anilines is 1. The topological polar surface area (TPSA) is 64.4 Å². The predicted octanol–water partition coefficient (Wildman–Crippen LogP) is 2.33. The maximum Gasteiger partial charge on any atom is 0.254 e. The SMILES string of the molecule is CCCCCc1ccc(NC(=O)C(CN)OC)cc1. The molecule has 1 amide bonds. The van der Waals surface area contributed by atoms with Gasteiger partial charge in [-0.15, -0.1) is 0 Å². The Hall–Kier alpha value is -1.39. The van der Waals surface area contributed by atoms with Crippen LogP contribution < -0.4 is 11.1 Å². The minimum atomic E-state index is -0.593. The van der Waals surface area contributed by atoms with E-state index in [1.807, 2.05) is 12.1 Å². The highest BCUT2D eigenvalue weighted by molar-refractivity contribution is 5.94. The van der Waals surface area contributed by atoms with Crippen molar-refractivity contribution in [1.29, 1.82) is 0 Å². The molecule has 19 heavy (non-hydrogen) atoms. The van der Waals surface area contributed by atoms with E-state index in [1.165, 1.54) is 31.9 Å². The van der Waals surface area contributed by atoms with Gasteiger partial charge in [0.1, 0.15) is 6.10 Å². The molecule has 1 atom stereocenters. The summed E-state index contributed by atoms with van der Waals surface area (Å²) in [6.45, 7) is 2.37. The Bertz CT molecular complexity index is 372. The third-order valence-corrected chi connectivity index (χ3v) is 3.08. The number of unbranched alkanes of at least 4 members (excludes halogenated alkanes) is 2. The fourth-order valence-corrected chi connectivity index (χ4v) is 1.87. The average Bonchev–Trinajstić information content (AvgIpc) is 2.42. The van der Waals surface area contributed by atoms with E-state index in [0.29, 0.717) is 0 Å². The number of nitrogens with two attached hydrogens (primary N) is 1. The largest absolute Gasteiger partial charge is 0.370 e. The number of hydrogen-bond donors (Lipinski definition) is 2. The second-order valence-corrected chi connectivity index (χ2v) is 4.60. The predicted molar refractivity (Wildman–Crippen MR) is 78.2 cm³/mol. The van der Waals surface area contributed by atoms with Crippen LogP contribution in [0.3, 0.4) is 0 Å². The number of aryl methyl sites for hydroxylation is 1. The minimum Gasteiger partial charge on any atom is -0.370 e. The molecule has 0 saturated carbocycles. The molecule has 1 unspecified atom stereocenters. The third kappa shape index (κ3) is 5.41. The fraction of sp³-hybridized carbons (Fsp3) is 0.533. The van der Waals surface area contributed by atoms with E-state index < -0.39 is 6.10 Å². The molecule has 0 saturated heterocycles. The molecule has 4 heteroatoms. The maximum absolute atomic E-state index is 11.8. The summed E-state index contributed by atoms with van der Waals surface area (Å²) in [5.41, 5.74) is 7.52. The Morgan fingerprint density at radius 1 is 1.32 bits per heavy atom. The molecule has 1 rings (SSSR count). The zero-order valence-corrected chi connectivity index (χ0v) is 11.8. The van der Waals surface area contributed by atoms with Crippen LogP contribution in [0.5, 0.6) is 0 Å². The van der Waals surface area contributed by atoms with Crippen LogP contribution in [-0.2, 0) is 16.0 Å². The molecule has 0 fully saturated rings. The molecule has 0 radical (unpaired) electrons. The number of carbonyl (C=O) groups is 1. The lowest BCUT2D eigenvalue weighted by molar-refractivity contribution is -0.125. The lowest BCUT2D eigenvalue weighted by atomic mass is 10.1. The minimum absolute atomic E-state index is 0.178. The van der Waals surface area contributed by atoms with E-state index >= 15 is 0 Å². The first kappa shape index (κ1) is 15.7. The Morgan fingerprint density at radius 2 is 2.00 bits per heavy atom. The maximum atomic E-state index is 11.8. The van der Waals surface area contributed by atoms with E-state index in [4.69, 9.17) is 10.5 Å². The van der Waals surface area contributed by atoms with Crippen LogP contribution in [0.15, 0.2) is 24.3 Å². The van der Waals surface area contributed by atoms with Gasteiger partial charge in [0.25, 0.3) is 5.91 Å². The summed E-state index contributed by atoms with van der Waals surface area (Å²) in [7, 11) is 1.48. The van der Waals surface area contributed by atoms with Gasteiger partial charge in [-0.1, -0.05) is 31.9 Å². The summed E-state index contributed by atoms with van der Waals surface area (Å²) in [5, 5.41) is 2.79. The van der Waals surface area contributed by atoms with E-state index in [0.717, 1.165) is 12.1 Å². The van der Waals surface area contributed by atoms with Crippen molar-refractivity contribution in [2.45, 2.75) is 38.7 Å². The number of ether oxygens (including phenoxy) is 1. The lowest BCUT2D eigenvalue weighted by Crippen LogP contribution is -2.35. The zero-order valence-electron chi connectivity index (χ0n) is 11.8. The van der Waals surface area contributed by atoms with Crippen molar-refractivity contribution in [3.8, 4) is 0 Å². The van der Waals surface area contributed by atoms with Crippen LogP contribution in [0, 0.1) is 0 Å². The first-order valence-corrected chi connectivity index (χ1v) is 6.84. The monoisotopic (exact) mass is 264 g/mol. The van der Waals surface area contributed by atoms with Crippen LogP contribution in [0.4, 0.5) is 5.69 Å². The number of carbonyl (C=O) groups excluding carboxylic acids is 1. The smallest absolute Gasteiger partial charge is 0.254 e. The van der Waals surface area contributed by atoms with Gasteiger partial charge >= 0.3 is 0 Å². The summed E-state index contributed by atoms with van der Waals surface area (Å²) >= 11 is 0. The van der Waals surface area contributed by atoms with Crippen molar-refractivity contribution in [1.82, 2.24) is 0 Å². The molecular weight excluding hydrogens is 240 g/mol. The highest BCUT2D eigenvalue weighted by Crippen LogP contribution is 2.12. The van der Waals surface area contributed by atoms with E-state index in [9.17, 15) is 4.79 Å². The molecule has 3 N–H and O–H groups in total. The van der Waals surface area contributed by atoms with Gasteiger partial charge in [0.2, 0.25) is 0 Å². The molecule has 0 aliphatic heterocycles. The van der Waals surface area contributed by atoms with Crippen LogP contribution in [0.1, 0.15) is 31.7 Å².